The van der Waals surface area contributed by atoms with Gasteiger partial charge in [-0.05, 0) is 19.9 Å². The molecular formula is C16H17N5O2. The molecule has 0 unspecified atom stereocenters. The Hall–Kier alpha value is -2.96. The Kier molecular flexibility index (Phi) is 4.18. The van der Waals surface area contributed by atoms with E-state index in [4.69, 9.17) is 4.52 Å². The summed E-state index contributed by atoms with van der Waals surface area (Å²) in [7, 11) is 0. The van der Waals surface area contributed by atoms with Gasteiger partial charge in [0.15, 0.2) is 0 Å². The van der Waals surface area contributed by atoms with E-state index >= 15 is 0 Å². The minimum atomic E-state index is -0.274. The third kappa shape index (κ3) is 3.45. The topological polar surface area (TPSA) is 85.8 Å². The Morgan fingerprint density at radius 2 is 2.04 bits per heavy atom. The van der Waals surface area contributed by atoms with Crippen LogP contribution in [0.25, 0.3) is 11.4 Å². The average Bonchev–Trinajstić information content (AvgIpc) is 3.23. The lowest BCUT2D eigenvalue weighted by molar-refractivity contribution is 0.0940. The van der Waals surface area contributed by atoms with Crippen molar-refractivity contribution in [2.75, 3.05) is 0 Å². The van der Waals surface area contributed by atoms with Crippen molar-refractivity contribution in [2.24, 2.45) is 0 Å². The zero-order valence-electron chi connectivity index (χ0n) is 12.9. The highest BCUT2D eigenvalue weighted by Crippen LogP contribution is 2.14. The van der Waals surface area contributed by atoms with Crippen molar-refractivity contribution >= 4 is 5.91 Å². The van der Waals surface area contributed by atoms with Gasteiger partial charge in [-0.2, -0.15) is 10.1 Å². The number of amides is 1. The van der Waals surface area contributed by atoms with Crippen LogP contribution in [0.3, 0.4) is 0 Å². The van der Waals surface area contributed by atoms with Crippen LogP contribution < -0.4 is 5.32 Å². The Morgan fingerprint density at radius 3 is 2.74 bits per heavy atom. The number of nitrogens with zero attached hydrogens (tertiary/aromatic N) is 4. The molecule has 1 amide bonds. The number of hydrogen-bond donors (Lipinski definition) is 1. The second-order valence-corrected chi connectivity index (χ2v) is 5.34. The Balaban J connectivity index is 1.62. The minimum absolute atomic E-state index is 0.160. The maximum atomic E-state index is 12.1. The largest absolute Gasteiger partial charge is 0.342 e. The van der Waals surface area contributed by atoms with E-state index in [0.29, 0.717) is 17.4 Å². The maximum absolute atomic E-state index is 12.1. The molecule has 23 heavy (non-hydrogen) atoms. The first-order valence-corrected chi connectivity index (χ1v) is 7.35. The highest BCUT2D eigenvalue weighted by molar-refractivity contribution is 5.92. The Labute approximate surface area is 133 Å². The van der Waals surface area contributed by atoms with Gasteiger partial charge in [0.25, 0.3) is 5.91 Å². The average molecular weight is 311 g/mol. The smallest absolute Gasteiger partial charge is 0.272 e. The van der Waals surface area contributed by atoms with Gasteiger partial charge in [0.05, 0.1) is 6.54 Å². The van der Waals surface area contributed by atoms with E-state index < -0.39 is 0 Å². The van der Waals surface area contributed by atoms with Gasteiger partial charge in [0.1, 0.15) is 5.69 Å². The van der Waals surface area contributed by atoms with Crippen LogP contribution in [0.15, 0.2) is 47.1 Å². The Morgan fingerprint density at radius 1 is 1.26 bits per heavy atom. The predicted molar refractivity (Wildman–Crippen MR) is 83.5 cm³/mol. The summed E-state index contributed by atoms with van der Waals surface area (Å²) in [5.41, 5.74) is 1.23. The molecule has 118 valence electrons. The standard InChI is InChI=1S/C16H17N5O2/c1-11(2)21-9-8-13(19-21)16(22)17-10-14-18-15(20-23-14)12-6-4-3-5-7-12/h3-9,11H,10H2,1-2H3,(H,17,22). The second kappa shape index (κ2) is 6.43. The van der Waals surface area contributed by atoms with Crippen molar-refractivity contribution in [3.05, 3.63) is 54.2 Å². The van der Waals surface area contributed by atoms with E-state index in [1.807, 2.05) is 44.2 Å². The molecule has 7 nitrogen and oxygen atoms in total. The summed E-state index contributed by atoms with van der Waals surface area (Å²) in [4.78, 5) is 16.3. The summed E-state index contributed by atoms with van der Waals surface area (Å²) in [6.45, 7) is 4.16. The van der Waals surface area contributed by atoms with Crippen molar-refractivity contribution < 1.29 is 9.32 Å². The van der Waals surface area contributed by atoms with E-state index in [-0.39, 0.29) is 18.5 Å². The van der Waals surface area contributed by atoms with Gasteiger partial charge < -0.3 is 9.84 Å². The van der Waals surface area contributed by atoms with Crippen LogP contribution in [0.5, 0.6) is 0 Å². The number of carbonyl (C=O) groups is 1. The van der Waals surface area contributed by atoms with Gasteiger partial charge >= 0.3 is 0 Å². The molecule has 1 N–H and O–H groups in total. The molecule has 0 fully saturated rings. The molecule has 0 atom stereocenters. The number of nitrogens with one attached hydrogen (secondary N) is 1. The number of benzene rings is 1. The molecule has 3 rings (SSSR count). The van der Waals surface area contributed by atoms with Crippen molar-refractivity contribution in [1.29, 1.82) is 0 Å². The fraction of sp³-hybridized carbons (Fsp3) is 0.250. The SMILES string of the molecule is CC(C)n1ccc(C(=O)NCc2nc(-c3ccccc3)no2)n1. The molecule has 0 aliphatic rings. The van der Waals surface area contributed by atoms with Crippen LogP contribution >= 0.6 is 0 Å². The zero-order valence-corrected chi connectivity index (χ0v) is 12.9. The molecule has 0 saturated carbocycles. The summed E-state index contributed by atoms with van der Waals surface area (Å²) in [6, 6.07) is 11.4. The monoisotopic (exact) mass is 311 g/mol. The highest BCUT2D eigenvalue weighted by atomic mass is 16.5. The van der Waals surface area contributed by atoms with Crippen LogP contribution in [-0.2, 0) is 6.54 Å². The summed E-state index contributed by atoms with van der Waals surface area (Å²) < 4.78 is 6.88. The van der Waals surface area contributed by atoms with Crippen molar-refractivity contribution in [3.8, 4) is 11.4 Å². The van der Waals surface area contributed by atoms with E-state index in [1.165, 1.54) is 0 Å². The molecule has 0 spiro atoms. The first-order chi connectivity index (χ1) is 11.1. The molecule has 1 aromatic carbocycles. The van der Waals surface area contributed by atoms with Crippen LogP contribution in [0, 0.1) is 0 Å². The third-order valence-corrected chi connectivity index (χ3v) is 3.27. The van der Waals surface area contributed by atoms with Gasteiger partial charge in [0.2, 0.25) is 11.7 Å². The fourth-order valence-electron chi connectivity index (χ4n) is 2.02. The molecular weight excluding hydrogens is 294 g/mol. The van der Waals surface area contributed by atoms with Crippen molar-refractivity contribution in [2.45, 2.75) is 26.4 Å². The lowest BCUT2D eigenvalue weighted by atomic mass is 10.2. The molecule has 0 aliphatic heterocycles. The predicted octanol–water partition coefficient (Wildman–Crippen LogP) is 2.44. The molecule has 7 heteroatoms. The normalized spacial score (nSPS) is 10.9. The summed E-state index contributed by atoms with van der Waals surface area (Å²) in [5.74, 6) is 0.572. The molecule has 2 heterocycles. The molecule has 3 aromatic rings. The van der Waals surface area contributed by atoms with Crippen LogP contribution in [-0.4, -0.2) is 25.8 Å². The summed E-state index contributed by atoms with van der Waals surface area (Å²) in [5, 5.41) is 10.8. The number of aromatic nitrogens is 4. The van der Waals surface area contributed by atoms with E-state index in [2.05, 4.69) is 20.6 Å². The highest BCUT2D eigenvalue weighted by Gasteiger charge is 2.13. The molecule has 0 bridgehead atoms. The van der Waals surface area contributed by atoms with Crippen LogP contribution in [0.2, 0.25) is 0 Å². The van der Waals surface area contributed by atoms with Gasteiger partial charge in [0, 0.05) is 17.8 Å². The Bertz CT molecular complexity index is 792. The number of carbonyl (C=O) groups excluding carboxylic acids is 1. The zero-order chi connectivity index (χ0) is 16.2. The molecule has 0 radical (unpaired) electrons. The number of rotatable bonds is 5. The molecule has 2 aromatic heterocycles. The van der Waals surface area contributed by atoms with E-state index in [9.17, 15) is 4.79 Å². The van der Waals surface area contributed by atoms with Crippen molar-refractivity contribution in [1.82, 2.24) is 25.2 Å². The first kappa shape index (κ1) is 15.0. The molecule has 0 aliphatic carbocycles. The maximum Gasteiger partial charge on any atom is 0.272 e. The van der Waals surface area contributed by atoms with E-state index in [1.54, 1.807) is 16.9 Å². The lowest BCUT2D eigenvalue weighted by Gasteiger charge is -2.03. The second-order valence-electron chi connectivity index (χ2n) is 5.34. The van der Waals surface area contributed by atoms with Gasteiger partial charge in [-0.25, -0.2) is 0 Å². The van der Waals surface area contributed by atoms with Gasteiger partial charge in [-0.1, -0.05) is 35.5 Å². The molecule has 0 saturated heterocycles. The van der Waals surface area contributed by atoms with Crippen molar-refractivity contribution in [3.63, 3.8) is 0 Å². The first-order valence-electron chi connectivity index (χ1n) is 7.35. The van der Waals surface area contributed by atoms with E-state index in [0.717, 1.165) is 5.56 Å². The summed E-state index contributed by atoms with van der Waals surface area (Å²) in [6.07, 6.45) is 1.78. The minimum Gasteiger partial charge on any atom is -0.342 e. The summed E-state index contributed by atoms with van der Waals surface area (Å²) >= 11 is 0. The van der Waals surface area contributed by atoms with Gasteiger partial charge in [-0.3, -0.25) is 9.48 Å². The fourth-order valence-corrected chi connectivity index (χ4v) is 2.02. The van der Waals surface area contributed by atoms with Crippen LogP contribution in [0.1, 0.15) is 36.3 Å². The number of hydrogen-bond acceptors (Lipinski definition) is 5. The lowest BCUT2D eigenvalue weighted by Crippen LogP contribution is -2.23. The van der Waals surface area contributed by atoms with Crippen LogP contribution in [0.4, 0.5) is 0 Å². The third-order valence-electron chi connectivity index (χ3n) is 3.27. The quantitative estimate of drug-likeness (QED) is 0.782. The van der Waals surface area contributed by atoms with Gasteiger partial charge in [-0.15, -0.1) is 0 Å².